The van der Waals surface area contributed by atoms with Gasteiger partial charge in [-0.2, -0.15) is 0 Å². The summed E-state index contributed by atoms with van der Waals surface area (Å²) in [5.41, 5.74) is 11.3. The first-order valence-corrected chi connectivity index (χ1v) is 34.1. The van der Waals surface area contributed by atoms with Gasteiger partial charge in [0.05, 0.1) is 26.4 Å². The van der Waals surface area contributed by atoms with Crippen LogP contribution in [0, 0.1) is 0 Å². The third kappa shape index (κ3) is 19.2. The summed E-state index contributed by atoms with van der Waals surface area (Å²) in [6, 6.07) is 25.0. The zero-order valence-electron chi connectivity index (χ0n) is 61.6. The smallest absolute Gasteiger partial charge is 0.344 e. The number of rotatable bonds is 16. The van der Waals surface area contributed by atoms with Gasteiger partial charge in [0, 0.05) is 38.5 Å². The van der Waals surface area contributed by atoms with Crippen LogP contribution in [0.1, 0.15) is 252 Å². The van der Waals surface area contributed by atoms with Crippen molar-refractivity contribution >= 4 is 23.9 Å². The van der Waals surface area contributed by atoms with Gasteiger partial charge < -0.3 is 48.1 Å². The molecule has 0 aromatic heterocycles. The zero-order chi connectivity index (χ0) is 71.2. The minimum Gasteiger partial charge on any atom is -0.507 e. The van der Waals surface area contributed by atoms with E-state index in [1.54, 1.807) is 27.7 Å². The van der Waals surface area contributed by atoms with Crippen molar-refractivity contribution < 1.29 is 67.3 Å². The molecule has 12 bridgehead atoms. The van der Waals surface area contributed by atoms with E-state index >= 15 is 0 Å². The van der Waals surface area contributed by atoms with Crippen molar-refractivity contribution in [1.82, 2.24) is 0 Å². The highest BCUT2D eigenvalue weighted by molar-refractivity contribution is 5.73. The third-order valence-electron chi connectivity index (χ3n) is 17.5. The predicted molar refractivity (Wildman–Crippen MR) is 380 cm³/mol. The van der Waals surface area contributed by atoms with Crippen molar-refractivity contribution in [3.8, 4) is 34.5 Å². The highest BCUT2D eigenvalue weighted by Gasteiger charge is 2.32. The molecule has 14 nitrogen and oxygen atoms in total. The Kier molecular flexibility index (Phi) is 23.7. The molecule has 0 aliphatic heterocycles. The lowest BCUT2D eigenvalue weighted by atomic mass is 9.79. The van der Waals surface area contributed by atoms with Crippen molar-refractivity contribution in [2.75, 3.05) is 52.9 Å². The third-order valence-corrected chi connectivity index (χ3v) is 17.5. The molecule has 520 valence electrons. The monoisotopic (exact) mass is 1320 g/mol. The van der Waals surface area contributed by atoms with Crippen LogP contribution in [0.5, 0.6) is 34.5 Å². The second kappa shape index (κ2) is 30.2. The summed E-state index contributed by atoms with van der Waals surface area (Å²) in [4.78, 5) is 54.2. The van der Waals surface area contributed by atoms with Crippen LogP contribution in [-0.2, 0) is 109 Å². The molecule has 0 saturated heterocycles. The summed E-state index contributed by atoms with van der Waals surface area (Å²) < 4.78 is 49.2. The maximum atomic E-state index is 13.6. The number of esters is 4. The number of phenolic OH excluding ortho intramolecular Hbond substituents is 2. The molecule has 0 unspecified atom stereocenters. The van der Waals surface area contributed by atoms with E-state index in [1.165, 1.54) is 0 Å². The summed E-state index contributed by atoms with van der Waals surface area (Å²) in [5, 5.41) is 26.4. The Morgan fingerprint density at radius 2 is 0.406 bits per heavy atom. The number of carbonyl (C=O) groups is 4. The molecule has 14 heteroatoms. The van der Waals surface area contributed by atoms with Crippen LogP contribution in [0.3, 0.4) is 0 Å². The molecule has 6 aromatic rings. The Labute approximate surface area is 572 Å². The molecule has 7 rings (SSSR count). The number of hydrogen-bond acceptors (Lipinski definition) is 14. The van der Waals surface area contributed by atoms with E-state index in [1.807, 2.05) is 24.3 Å². The Balaban J connectivity index is 1.72. The minimum atomic E-state index is -0.555. The minimum absolute atomic E-state index is 0.0472. The van der Waals surface area contributed by atoms with Gasteiger partial charge in [0.15, 0.2) is 26.4 Å². The first kappa shape index (κ1) is 75.4. The molecule has 96 heavy (non-hydrogen) atoms. The Hall–Kier alpha value is -8.00. The lowest BCUT2D eigenvalue weighted by Crippen LogP contribution is -2.20. The molecule has 0 heterocycles. The van der Waals surface area contributed by atoms with Crippen LogP contribution in [-0.4, -0.2) is 86.9 Å². The lowest BCUT2D eigenvalue weighted by molar-refractivity contribution is -0.146. The van der Waals surface area contributed by atoms with E-state index in [9.17, 15) is 29.4 Å². The Bertz CT molecular complexity index is 3350. The van der Waals surface area contributed by atoms with Crippen molar-refractivity contribution in [3.05, 3.63) is 173 Å². The van der Waals surface area contributed by atoms with E-state index < -0.39 is 82.8 Å². The van der Waals surface area contributed by atoms with Crippen LogP contribution in [0.25, 0.3) is 0 Å². The van der Waals surface area contributed by atoms with Gasteiger partial charge in [-0.15, -0.1) is 0 Å². The standard InChI is InChI=1S/C82H108O14/c1-23-89-67(83)45-93-73-53-27-49-33-61(77(5,6)7)34-50(71(49)87)28-55-39-65(81(17,18)19)43-59(75(55)95-47-69(85)91-25-3)32-60-44-66(82(20,21)22)40-56(76(60)96-48-70(86)92-26-4)30-52-36-62(78(8,9)10)35-51(72(52)88)29-54-38-64(80(14,15)16)42-58(74(54)94-46-68(84)90-24-2)31-57(73)41-63(37-53)79(11,12)13/h33-44,87-88H,23-32,45-48H2,1-22H3. The number of carbonyl (C=O) groups excluding carboxylic acids is 4. The van der Waals surface area contributed by atoms with Gasteiger partial charge in [0.2, 0.25) is 0 Å². The number of phenols is 2. The Morgan fingerprint density at radius 1 is 0.271 bits per heavy atom. The summed E-state index contributed by atoms with van der Waals surface area (Å²) in [5.74, 6) is -0.430. The average molecular weight is 1320 g/mol. The molecule has 0 saturated carbocycles. The summed E-state index contributed by atoms with van der Waals surface area (Å²) in [6.45, 7) is 44.4. The highest BCUT2D eigenvalue weighted by atomic mass is 16.6. The van der Waals surface area contributed by atoms with E-state index in [4.69, 9.17) is 37.9 Å². The largest absolute Gasteiger partial charge is 0.507 e. The summed E-state index contributed by atoms with van der Waals surface area (Å²) >= 11 is 0. The van der Waals surface area contributed by atoms with Gasteiger partial charge in [0.25, 0.3) is 0 Å². The van der Waals surface area contributed by atoms with Crippen molar-refractivity contribution in [2.24, 2.45) is 0 Å². The van der Waals surface area contributed by atoms with E-state index in [0.29, 0.717) is 89.8 Å². The van der Waals surface area contributed by atoms with Crippen molar-refractivity contribution in [3.63, 3.8) is 0 Å². The Morgan fingerprint density at radius 3 is 0.542 bits per heavy atom. The van der Waals surface area contributed by atoms with Gasteiger partial charge in [-0.05, 0) is 160 Å². The van der Waals surface area contributed by atoms with Gasteiger partial charge >= 0.3 is 23.9 Å². The first-order valence-electron chi connectivity index (χ1n) is 34.1. The van der Waals surface area contributed by atoms with Gasteiger partial charge in [0.1, 0.15) is 34.5 Å². The van der Waals surface area contributed by atoms with E-state index in [2.05, 4.69) is 173 Å². The van der Waals surface area contributed by atoms with Crippen LogP contribution >= 0.6 is 0 Å². The SMILES string of the molecule is CCOC(=O)COc1c2cc(C(C)(C)C)cc1Cc1cc(C(C)(C)C)cc(c1OCC(=O)OCC)Cc1cc(C(C)(C)C)cc(c1O)Cc1cc(C(C)(C)C)cc(c1OCC(=O)OCC)Cc1cc(C(C)(C)C)cc(c1OCC(=O)OCC)Cc1cc(C(C)(C)C)cc(c1O)C2. The van der Waals surface area contributed by atoms with Crippen LogP contribution in [0.4, 0.5) is 0 Å². The van der Waals surface area contributed by atoms with Crippen LogP contribution < -0.4 is 18.9 Å². The first-order chi connectivity index (χ1) is 44.6. The van der Waals surface area contributed by atoms with E-state index in [-0.39, 0.29) is 76.5 Å². The molecule has 1 aliphatic rings. The molecular formula is C82H108O14. The number of ether oxygens (including phenoxy) is 8. The van der Waals surface area contributed by atoms with Crippen molar-refractivity contribution in [1.29, 1.82) is 0 Å². The highest BCUT2D eigenvalue weighted by Crippen LogP contribution is 2.46. The molecule has 6 aromatic carbocycles. The quantitative estimate of drug-likeness (QED) is 0.0688. The molecule has 0 spiro atoms. The van der Waals surface area contributed by atoms with Crippen LogP contribution in [0.2, 0.25) is 0 Å². The molecule has 0 fully saturated rings. The topological polar surface area (TPSA) is 183 Å². The van der Waals surface area contributed by atoms with Gasteiger partial charge in [-0.25, -0.2) is 19.2 Å². The molecule has 0 atom stereocenters. The normalized spacial score (nSPS) is 13.2. The average Bonchev–Trinajstić information content (AvgIpc) is 0.796. The number of aromatic hydroxyl groups is 2. The maximum absolute atomic E-state index is 13.6. The number of fused-ring (bicyclic) bond motifs is 12. The zero-order valence-corrected chi connectivity index (χ0v) is 61.6. The fourth-order valence-electron chi connectivity index (χ4n) is 12.0. The predicted octanol–water partition coefficient (Wildman–Crippen LogP) is 16.5. The molecule has 2 N–H and O–H groups in total. The maximum Gasteiger partial charge on any atom is 0.344 e. The summed E-state index contributed by atoms with van der Waals surface area (Å²) in [6.07, 6.45) is 0.996. The van der Waals surface area contributed by atoms with Crippen LogP contribution in [0.15, 0.2) is 72.8 Å². The molecule has 0 radical (unpaired) electrons. The van der Waals surface area contributed by atoms with Crippen molar-refractivity contribution in [2.45, 2.75) is 223 Å². The summed E-state index contributed by atoms with van der Waals surface area (Å²) in [7, 11) is 0. The number of hydrogen-bond donors (Lipinski definition) is 2. The van der Waals surface area contributed by atoms with Gasteiger partial charge in [-0.3, -0.25) is 0 Å². The molecule has 0 amide bonds. The molecule has 1 aliphatic carbocycles. The second-order valence-corrected chi connectivity index (χ2v) is 31.7. The molecular weight excluding hydrogens is 1210 g/mol. The number of benzene rings is 6. The van der Waals surface area contributed by atoms with Gasteiger partial charge in [-0.1, -0.05) is 197 Å². The second-order valence-electron chi connectivity index (χ2n) is 31.7. The fraction of sp³-hybridized carbons (Fsp3) is 0.512. The van der Waals surface area contributed by atoms with E-state index in [0.717, 1.165) is 33.4 Å². The lowest BCUT2D eigenvalue weighted by Gasteiger charge is -2.28. The fourth-order valence-corrected chi connectivity index (χ4v) is 12.0.